The quantitative estimate of drug-likeness (QED) is 0.840. The van der Waals surface area contributed by atoms with E-state index in [1.54, 1.807) is 18.2 Å². The Labute approximate surface area is 129 Å². The zero-order chi connectivity index (χ0) is 15.4. The molecule has 0 fully saturated rings. The summed E-state index contributed by atoms with van der Waals surface area (Å²) >= 11 is 5.96. The van der Waals surface area contributed by atoms with Crippen molar-refractivity contribution in [2.75, 3.05) is 0 Å². The van der Waals surface area contributed by atoms with Crippen LogP contribution in [-0.2, 0) is 13.0 Å². The molecule has 2 aromatic carbocycles. The van der Waals surface area contributed by atoms with E-state index in [0.717, 1.165) is 24.0 Å². The molecule has 21 heavy (non-hydrogen) atoms. The molecule has 4 heteroatoms. The maximum atomic E-state index is 13.7. The number of rotatable bonds is 5. The molecule has 0 amide bonds. The van der Waals surface area contributed by atoms with Crippen molar-refractivity contribution in [1.82, 2.24) is 0 Å². The molecule has 2 nitrogen and oxygen atoms in total. The van der Waals surface area contributed by atoms with Crippen molar-refractivity contribution >= 4 is 11.6 Å². The van der Waals surface area contributed by atoms with Crippen LogP contribution in [-0.4, -0.2) is 5.11 Å². The van der Waals surface area contributed by atoms with Crippen LogP contribution >= 0.6 is 11.6 Å². The molecule has 0 radical (unpaired) electrons. The first-order chi connectivity index (χ1) is 10.0. The Balaban J connectivity index is 2.17. The largest absolute Gasteiger partial charge is 0.508 e. The van der Waals surface area contributed by atoms with Crippen molar-refractivity contribution in [3.05, 3.63) is 57.9 Å². The standard InChI is InChI=1S/C17H18ClFO2/c1-3-5-13-11(2)8-12(9-17(13)20)21-10-14-15(18)6-4-7-16(14)19/h4,6-9,20H,3,5,10H2,1-2H3. The summed E-state index contributed by atoms with van der Waals surface area (Å²) in [4.78, 5) is 0. The van der Waals surface area contributed by atoms with Gasteiger partial charge in [0.25, 0.3) is 0 Å². The fraction of sp³-hybridized carbons (Fsp3) is 0.294. The van der Waals surface area contributed by atoms with Crippen molar-refractivity contribution in [3.63, 3.8) is 0 Å². The summed E-state index contributed by atoms with van der Waals surface area (Å²) in [6, 6.07) is 7.93. The zero-order valence-electron chi connectivity index (χ0n) is 12.1. The molecular formula is C17H18ClFO2. The van der Waals surface area contributed by atoms with E-state index in [2.05, 4.69) is 6.92 Å². The predicted molar refractivity (Wildman–Crippen MR) is 82.6 cm³/mol. The Morgan fingerprint density at radius 2 is 2.00 bits per heavy atom. The second kappa shape index (κ2) is 6.81. The van der Waals surface area contributed by atoms with Crippen LogP contribution in [0, 0.1) is 12.7 Å². The Morgan fingerprint density at radius 3 is 2.62 bits per heavy atom. The monoisotopic (exact) mass is 308 g/mol. The highest BCUT2D eigenvalue weighted by atomic mass is 35.5. The second-order valence-corrected chi connectivity index (χ2v) is 5.38. The van der Waals surface area contributed by atoms with Gasteiger partial charge in [0.15, 0.2) is 0 Å². The first kappa shape index (κ1) is 15.6. The van der Waals surface area contributed by atoms with Gasteiger partial charge < -0.3 is 9.84 Å². The highest BCUT2D eigenvalue weighted by molar-refractivity contribution is 6.31. The van der Waals surface area contributed by atoms with E-state index in [0.29, 0.717) is 16.3 Å². The van der Waals surface area contributed by atoms with Crippen LogP contribution in [0.2, 0.25) is 5.02 Å². The molecule has 1 N–H and O–H groups in total. The summed E-state index contributed by atoms with van der Waals surface area (Å²) in [6.45, 7) is 4.01. The van der Waals surface area contributed by atoms with Gasteiger partial charge in [-0.3, -0.25) is 0 Å². The van der Waals surface area contributed by atoms with Crippen molar-refractivity contribution in [2.24, 2.45) is 0 Å². The first-order valence-corrected chi connectivity index (χ1v) is 7.29. The molecule has 2 rings (SSSR count). The number of phenolic OH excluding ortho intramolecular Hbond substituents is 1. The number of phenols is 1. The molecular weight excluding hydrogens is 291 g/mol. The summed E-state index contributed by atoms with van der Waals surface area (Å²) < 4.78 is 19.2. The van der Waals surface area contributed by atoms with Gasteiger partial charge in [0.2, 0.25) is 0 Å². The topological polar surface area (TPSA) is 29.5 Å². The molecule has 0 aliphatic rings. The van der Waals surface area contributed by atoms with Crippen LogP contribution < -0.4 is 4.74 Å². The van der Waals surface area contributed by atoms with Crippen LogP contribution in [0.3, 0.4) is 0 Å². The van der Waals surface area contributed by atoms with Gasteiger partial charge in [0, 0.05) is 11.6 Å². The van der Waals surface area contributed by atoms with Gasteiger partial charge in [-0.1, -0.05) is 31.0 Å². The summed E-state index contributed by atoms with van der Waals surface area (Å²) in [5.41, 5.74) is 2.20. The van der Waals surface area contributed by atoms with Gasteiger partial charge in [-0.2, -0.15) is 0 Å². The van der Waals surface area contributed by atoms with Gasteiger partial charge in [-0.05, 0) is 42.7 Å². The number of hydrogen-bond donors (Lipinski definition) is 1. The van der Waals surface area contributed by atoms with E-state index in [1.165, 1.54) is 6.07 Å². The van der Waals surface area contributed by atoms with Crippen molar-refractivity contribution in [2.45, 2.75) is 33.3 Å². The van der Waals surface area contributed by atoms with E-state index in [-0.39, 0.29) is 12.4 Å². The third kappa shape index (κ3) is 3.67. The summed E-state index contributed by atoms with van der Waals surface area (Å²) in [7, 11) is 0. The summed E-state index contributed by atoms with van der Waals surface area (Å²) in [6.07, 6.45) is 1.77. The van der Waals surface area contributed by atoms with Crippen molar-refractivity contribution in [1.29, 1.82) is 0 Å². The lowest BCUT2D eigenvalue weighted by molar-refractivity contribution is 0.298. The van der Waals surface area contributed by atoms with E-state index in [9.17, 15) is 9.50 Å². The molecule has 0 saturated heterocycles. The van der Waals surface area contributed by atoms with Gasteiger partial charge in [-0.25, -0.2) is 4.39 Å². The lowest BCUT2D eigenvalue weighted by Gasteiger charge is -2.13. The maximum Gasteiger partial charge on any atom is 0.131 e. The number of halogens is 2. The molecule has 2 aromatic rings. The van der Waals surface area contributed by atoms with E-state index in [1.807, 2.05) is 13.0 Å². The van der Waals surface area contributed by atoms with Crippen molar-refractivity contribution in [3.8, 4) is 11.5 Å². The molecule has 0 aliphatic heterocycles. The molecule has 0 saturated carbocycles. The number of hydrogen-bond acceptors (Lipinski definition) is 2. The van der Waals surface area contributed by atoms with E-state index < -0.39 is 5.82 Å². The van der Waals surface area contributed by atoms with E-state index >= 15 is 0 Å². The van der Waals surface area contributed by atoms with Crippen LogP contribution in [0.4, 0.5) is 4.39 Å². The average molecular weight is 309 g/mol. The Bertz CT molecular complexity index is 597. The highest BCUT2D eigenvalue weighted by Crippen LogP contribution is 2.29. The van der Waals surface area contributed by atoms with Crippen LogP contribution in [0.25, 0.3) is 0 Å². The fourth-order valence-corrected chi connectivity index (χ4v) is 2.47. The van der Waals surface area contributed by atoms with Crippen LogP contribution in [0.1, 0.15) is 30.0 Å². The molecule has 0 unspecified atom stereocenters. The van der Waals surface area contributed by atoms with Gasteiger partial charge in [-0.15, -0.1) is 0 Å². The molecule has 0 heterocycles. The van der Waals surface area contributed by atoms with E-state index in [4.69, 9.17) is 16.3 Å². The molecule has 112 valence electrons. The predicted octanol–water partition coefficient (Wildman–Crippen LogP) is 5.02. The molecule has 0 aliphatic carbocycles. The minimum absolute atomic E-state index is 0.0253. The van der Waals surface area contributed by atoms with Crippen LogP contribution in [0.15, 0.2) is 30.3 Å². The van der Waals surface area contributed by atoms with Gasteiger partial charge in [0.1, 0.15) is 23.9 Å². The van der Waals surface area contributed by atoms with Gasteiger partial charge in [0.05, 0.1) is 5.02 Å². The first-order valence-electron chi connectivity index (χ1n) is 6.91. The Morgan fingerprint density at radius 1 is 1.24 bits per heavy atom. The number of aryl methyl sites for hydroxylation is 1. The lowest BCUT2D eigenvalue weighted by atomic mass is 10.0. The number of aromatic hydroxyl groups is 1. The summed E-state index contributed by atoms with van der Waals surface area (Å²) in [5, 5.41) is 10.4. The minimum atomic E-state index is -0.397. The molecule has 0 atom stereocenters. The minimum Gasteiger partial charge on any atom is -0.508 e. The second-order valence-electron chi connectivity index (χ2n) is 4.98. The highest BCUT2D eigenvalue weighted by Gasteiger charge is 2.10. The number of ether oxygens (including phenoxy) is 1. The molecule has 0 bridgehead atoms. The smallest absolute Gasteiger partial charge is 0.131 e. The molecule has 0 spiro atoms. The number of benzene rings is 2. The third-order valence-corrected chi connectivity index (χ3v) is 3.72. The molecule has 0 aromatic heterocycles. The van der Waals surface area contributed by atoms with Gasteiger partial charge >= 0.3 is 0 Å². The van der Waals surface area contributed by atoms with Crippen molar-refractivity contribution < 1.29 is 14.2 Å². The average Bonchev–Trinajstić information content (AvgIpc) is 2.42. The summed E-state index contributed by atoms with van der Waals surface area (Å²) in [5.74, 6) is 0.321. The normalized spacial score (nSPS) is 10.7. The zero-order valence-corrected chi connectivity index (χ0v) is 12.9. The lowest BCUT2D eigenvalue weighted by Crippen LogP contribution is -2.00. The third-order valence-electron chi connectivity index (χ3n) is 3.37. The fourth-order valence-electron chi connectivity index (χ4n) is 2.25. The maximum absolute atomic E-state index is 13.7. The SMILES string of the molecule is CCCc1c(C)cc(OCc2c(F)cccc2Cl)cc1O. The Kier molecular flexibility index (Phi) is 5.07. The van der Waals surface area contributed by atoms with Crippen LogP contribution in [0.5, 0.6) is 11.5 Å². The Hall–Kier alpha value is -1.74.